The van der Waals surface area contributed by atoms with Gasteiger partial charge in [0, 0.05) is 43.8 Å². The molecule has 4 atom stereocenters. The van der Waals surface area contributed by atoms with E-state index in [0.29, 0.717) is 17.1 Å². The molecule has 38 heavy (non-hydrogen) atoms. The standard InChI is InChI=1S/C26H26FN7O4/c1-33-11-17(10-31-33)18-7-19(18)26(37)32-24-8-21(29-14-30-24)15-2-3-22(16(6-15)9-28)38-23-4-5-34(12-20(23)27)25(36)13-35/h2-3,6,8,10-11,14,18-20,23,35H,4-5,7,12-13H2,1H3,(H,29,30,32,37)/t18-,19+,20+,23-/m0/s1. The van der Waals surface area contributed by atoms with Gasteiger partial charge >= 0.3 is 0 Å². The number of nitrogens with one attached hydrogen (secondary N) is 1. The fourth-order valence-corrected chi connectivity index (χ4v) is 4.67. The van der Waals surface area contributed by atoms with Gasteiger partial charge < -0.3 is 20.1 Å². The zero-order chi connectivity index (χ0) is 26.8. The molecule has 2 aliphatic rings. The first-order chi connectivity index (χ1) is 18.4. The molecule has 2 amide bonds. The number of aromatic nitrogens is 4. The summed E-state index contributed by atoms with van der Waals surface area (Å²) in [5, 5.41) is 25.7. The third-order valence-electron chi connectivity index (χ3n) is 6.84. The molecular formula is C26H26FN7O4. The van der Waals surface area contributed by atoms with Crippen LogP contribution in [0.5, 0.6) is 5.75 Å². The monoisotopic (exact) mass is 519 g/mol. The molecule has 1 saturated carbocycles. The molecule has 0 bridgehead atoms. The summed E-state index contributed by atoms with van der Waals surface area (Å²) in [6, 6.07) is 8.56. The minimum absolute atomic E-state index is 0.127. The lowest BCUT2D eigenvalue weighted by Crippen LogP contribution is -2.50. The van der Waals surface area contributed by atoms with Gasteiger partial charge in [-0.05, 0) is 36.1 Å². The molecule has 2 N–H and O–H groups in total. The van der Waals surface area contributed by atoms with Crippen molar-refractivity contribution in [3.05, 3.63) is 54.1 Å². The van der Waals surface area contributed by atoms with Gasteiger partial charge in [0.25, 0.3) is 0 Å². The second kappa shape index (κ2) is 10.5. The minimum atomic E-state index is -1.46. The number of anilines is 1. The van der Waals surface area contributed by atoms with Crippen molar-refractivity contribution in [2.45, 2.75) is 31.0 Å². The van der Waals surface area contributed by atoms with E-state index in [1.807, 2.05) is 13.2 Å². The summed E-state index contributed by atoms with van der Waals surface area (Å²) >= 11 is 0. The Morgan fingerprint density at radius 1 is 1.32 bits per heavy atom. The minimum Gasteiger partial charge on any atom is -0.486 e. The normalized spacial score (nSPS) is 22.4. The van der Waals surface area contributed by atoms with Crippen molar-refractivity contribution in [1.29, 1.82) is 5.26 Å². The van der Waals surface area contributed by atoms with Crippen molar-refractivity contribution in [2.24, 2.45) is 13.0 Å². The number of aliphatic hydroxyl groups is 1. The molecule has 0 radical (unpaired) electrons. The zero-order valence-corrected chi connectivity index (χ0v) is 20.6. The lowest BCUT2D eigenvalue weighted by atomic mass is 10.0. The Hall–Kier alpha value is -4.37. The van der Waals surface area contributed by atoms with Crippen molar-refractivity contribution in [2.75, 3.05) is 25.0 Å². The highest BCUT2D eigenvalue weighted by molar-refractivity contribution is 5.94. The number of halogens is 1. The van der Waals surface area contributed by atoms with Crippen LogP contribution in [0.3, 0.4) is 0 Å². The predicted molar refractivity (Wildman–Crippen MR) is 132 cm³/mol. The van der Waals surface area contributed by atoms with Crippen LogP contribution in [0.15, 0.2) is 43.0 Å². The number of hydrogen-bond acceptors (Lipinski definition) is 8. The van der Waals surface area contributed by atoms with Crippen LogP contribution in [0.1, 0.15) is 29.9 Å². The quantitative estimate of drug-likeness (QED) is 0.481. The van der Waals surface area contributed by atoms with Gasteiger partial charge in [-0.1, -0.05) is 0 Å². The van der Waals surface area contributed by atoms with E-state index in [1.54, 1.807) is 35.1 Å². The van der Waals surface area contributed by atoms with E-state index < -0.39 is 24.8 Å². The van der Waals surface area contributed by atoms with Crippen LogP contribution in [-0.4, -0.2) is 73.5 Å². The number of rotatable bonds is 7. The lowest BCUT2D eigenvalue weighted by molar-refractivity contribution is -0.138. The smallest absolute Gasteiger partial charge is 0.248 e. The van der Waals surface area contributed by atoms with Crippen LogP contribution in [0.4, 0.5) is 10.2 Å². The summed E-state index contributed by atoms with van der Waals surface area (Å²) in [5.74, 6) is -0.0884. The van der Waals surface area contributed by atoms with Crippen LogP contribution in [-0.2, 0) is 16.6 Å². The summed E-state index contributed by atoms with van der Waals surface area (Å²) in [5.41, 5.74) is 2.33. The summed E-state index contributed by atoms with van der Waals surface area (Å²) < 4.78 is 22.2. The SMILES string of the molecule is Cn1cc([C@@H]2C[C@H]2C(=O)Nc2cc(-c3ccc(O[C@H]4CCN(C(=O)CO)C[C@H]4F)c(C#N)c3)ncn2)cn1. The summed E-state index contributed by atoms with van der Waals surface area (Å²) in [4.78, 5) is 34.0. The number of carbonyl (C=O) groups excluding carboxylic acids is 2. The molecular weight excluding hydrogens is 493 g/mol. The molecule has 3 heterocycles. The molecule has 3 aromatic rings. The van der Waals surface area contributed by atoms with E-state index in [2.05, 4.69) is 26.5 Å². The fourth-order valence-electron chi connectivity index (χ4n) is 4.67. The Bertz CT molecular complexity index is 1400. The molecule has 0 spiro atoms. The number of nitrogens with zero attached hydrogens (tertiary/aromatic N) is 6. The van der Waals surface area contributed by atoms with Gasteiger partial charge in [0.2, 0.25) is 11.8 Å². The van der Waals surface area contributed by atoms with E-state index in [1.165, 1.54) is 11.2 Å². The fraction of sp³-hybridized carbons (Fsp3) is 0.385. The number of alkyl halides is 1. The highest BCUT2D eigenvalue weighted by Crippen LogP contribution is 2.47. The van der Waals surface area contributed by atoms with Crippen molar-refractivity contribution in [3.8, 4) is 23.1 Å². The van der Waals surface area contributed by atoms with Crippen LogP contribution in [0.2, 0.25) is 0 Å². The Morgan fingerprint density at radius 3 is 2.87 bits per heavy atom. The number of hydrogen-bond donors (Lipinski definition) is 2. The van der Waals surface area contributed by atoms with Crippen LogP contribution in [0, 0.1) is 17.2 Å². The molecule has 12 heteroatoms. The number of ether oxygens (including phenoxy) is 1. The predicted octanol–water partition coefficient (Wildman–Crippen LogP) is 1.80. The maximum Gasteiger partial charge on any atom is 0.248 e. The van der Waals surface area contributed by atoms with E-state index in [0.717, 1.165) is 12.0 Å². The van der Waals surface area contributed by atoms with Crippen LogP contribution >= 0.6 is 0 Å². The molecule has 1 saturated heterocycles. The molecule has 2 fully saturated rings. The number of carbonyl (C=O) groups is 2. The maximum absolute atomic E-state index is 14.7. The van der Waals surface area contributed by atoms with Crippen LogP contribution in [0.25, 0.3) is 11.3 Å². The second-order valence-corrected chi connectivity index (χ2v) is 9.46. The highest BCUT2D eigenvalue weighted by atomic mass is 19.1. The molecule has 1 aliphatic heterocycles. The maximum atomic E-state index is 14.7. The average molecular weight is 520 g/mol. The largest absolute Gasteiger partial charge is 0.486 e. The molecule has 0 unspecified atom stereocenters. The van der Waals surface area contributed by atoms with Crippen molar-refractivity contribution < 1.29 is 23.8 Å². The van der Waals surface area contributed by atoms with Gasteiger partial charge in [-0.25, -0.2) is 14.4 Å². The molecule has 5 rings (SSSR count). The first kappa shape index (κ1) is 25.3. The van der Waals surface area contributed by atoms with Gasteiger partial charge in [-0.15, -0.1) is 0 Å². The molecule has 1 aliphatic carbocycles. The molecule has 2 aromatic heterocycles. The summed E-state index contributed by atoms with van der Waals surface area (Å²) in [6.07, 6.45) is 3.72. The van der Waals surface area contributed by atoms with Crippen molar-refractivity contribution in [3.63, 3.8) is 0 Å². The Morgan fingerprint density at radius 2 is 2.16 bits per heavy atom. The van der Waals surface area contributed by atoms with E-state index in [9.17, 15) is 19.2 Å². The van der Waals surface area contributed by atoms with E-state index in [-0.39, 0.29) is 48.6 Å². The van der Waals surface area contributed by atoms with Crippen molar-refractivity contribution >= 4 is 17.6 Å². The van der Waals surface area contributed by atoms with E-state index in [4.69, 9.17) is 9.84 Å². The van der Waals surface area contributed by atoms with Gasteiger partial charge in [-0.2, -0.15) is 10.4 Å². The molecule has 11 nitrogen and oxygen atoms in total. The number of nitriles is 1. The third-order valence-corrected chi connectivity index (χ3v) is 6.84. The number of benzene rings is 1. The van der Waals surface area contributed by atoms with E-state index >= 15 is 0 Å². The van der Waals surface area contributed by atoms with Gasteiger partial charge in [0.1, 0.15) is 36.7 Å². The van der Waals surface area contributed by atoms with Gasteiger partial charge in [-0.3, -0.25) is 14.3 Å². The van der Waals surface area contributed by atoms with Crippen molar-refractivity contribution in [1.82, 2.24) is 24.6 Å². The third kappa shape index (κ3) is 5.33. The Kier molecular flexibility index (Phi) is 7.02. The number of aliphatic hydroxyl groups excluding tert-OH is 1. The number of likely N-dealkylation sites (tertiary alicyclic amines) is 1. The second-order valence-electron chi connectivity index (χ2n) is 9.46. The molecule has 1 aromatic carbocycles. The van der Waals surface area contributed by atoms with Gasteiger partial charge in [0.05, 0.1) is 24.0 Å². The molecule has 196 valence electrons. The summed E-state index contributed by atoms with van der Waals surface area (Å²) in [7, 11) is 1.84. The van der Waals surface area contributed by atoms with Gasteiger partial charge in [0.15, 0.2) is 6.17 Å². The Balaban J connectivity index is 1.25. The first-order valence-corrected chi connectivity index (χ1v) is 12.2. The zero-order valence-electron chi connectivity index (χ0n) is 20.6. The number of piperidine rings is 1. The number of amides is 2. The highest BCUT2D eigenvalue weighted by Gasteiger charge is 2.44. The average Bonchev–Trinajstić information content (AvgIpc) is 3.62. The lowest BCUT2D eigenvalue weighted by Gasteiger charge is -2.34. The first-order valence-electron chi connectivity index (χ1n) is 12.2. The topological polar surface area (TPSA) is 146 Å². The Labute approximate surface area is 217 Å². The number of aryl methyl sites for hydroxylation is 1. The van der Waals surface area contributed by atoms with Crippen LogP contribution < -0.4 is 10.1 Å². The summed E-state index contributed by atoms with van der Waals surface area (Å²) in [6.45, 7) is -0.591.